The highest BCUT2D eigenvalue weighted by molar-refractivity contribution is 7.14. The number of nitro benzene ring substituents is 1. The molecule has 1 amide bonds. The number of hydrogen-bond donors (Lipinski definition) is 1. The van der Waals surface area contributed by atoms with Gasteiger partial charge in [0.2, 0.25) is 0 Å². The molecule has 39 heavy (non-hydrogen) atoms. The number of non-ortho nitro benzene ring substituents is 1. The molecule has 0 fully saturated rings. The Morgan fingerprint density at radius 1 is 1.00 bits per heavy atom. The molecule has 0 saturated heterocycles. The van der Waals surface area contributed by atoms with Crippen LogP contribution in [0.1, 0.15) is 27.2 Å². The van der Waals surface area contributed by atoms with Crippen molar-refractivity contribution in [1.29, 1.82) is 0 Å². The molecular weight excluding hydrogens is 536 g/mol. The van der Waals surface area contributed by atoms with Gasteiger partial charge in [0.1, 0.15) is 5.76 Å². The normalized spacial score (nSPS) is 10.8. The van der Waals surface area contributed by atoms with Crippen LogP contribution in [0.25, 0.3) is 11.3 Å². The number of thiazole rings is 1. The summed E-state index contributed by atoms with van der Waals surface area (Å²) in [5.74, 6) is 0.626. The molecule has 2 aromatic heterocycles. The summed E-state index contributed by atoms with van der Waals surface area (Å²) in [4.78, 5) is 30.1. The first kappa shape index (κ1) is 26.1. The average Bonchev–Trinajstić information content (AvgIpc) is 3.65. The quantitative estimate of drug-likeness (QED) is 0.145. The molecule has 0 unspecified atom stereocenters. The van der Waals surface area contributed by atoms with E-state index < -0.39 is 4.92 Å². The topological polar surface area (TPSA) is 102 Å². The third-order valence-electron chi connectivity index (χ3n) is 5.99. The van der Waals surface area contributed by atoms with Crippen LogP contribution < -0.4 is 10.2 Å². The maximum atomic E-state index is 12.7. The summed E-state index contributed by atoms with van der Waals surface area (Å²) in [7, 11) is 0. The molecule has 1 N–H and O–H groups in total. The number of rotatable bonds is 10. The van der Waals surface area contributed by atoms with Crippen molar-refractivity contribution in [3.8, 4) is 11.3 Å². The predicted molar refractivity (Wildman–Crippen MR) is 152 cm³/mol. The first-order chi connectivity index (χ1) is 18.9. The molecule has 0 aliphatic rings. The van der Waals surface area contributed by atoms with E-state index >= 15 is 0 Å². The van der Waals surface area contributed by atoms with Gasteiger partial charge in [-0.2, -0.15) is 0 Å². The highest BCUT2D eigenvalue weighted by Crippen LogP contribution is 2.30. The van der Waals surface area contributed by atoms with Crippen LogP contribution in [0.5, 0.6) is 0 Å². The van der Waals surface area contributed by atoms with Gasteiger partial charge in [-0.25, -0.2) is 4.98 Å². The lowest BCUT2D eigenvalue weighted by molar-refractivity contribution is -0.384. The van der Waals surface area contributed by atoms with Gasteiger partial charge in [-0.1, -0.05) is 35.9 Å². The Hall–Kier alpha value is -4.47. The smallest absolute Gasteiger partial charge is 0.269 e. The monoisotopic (exact) mass is 558 g/mol. The summed E-state index contributed by atoms with van der Waals surface area (Å²) in [6.45, 7) is 1.43. The highest BCUT2D eigenvalue weighted by Gasteiger charge is 2.16. The van der Waals surface area contributed by atoms with Gasteiger partial charge >= 0.3 is 0 Å². The van der Waals surface area contributed by atoms with Crippen LogP contribution in [0.15, 0.2) is 101 Å². The third-order valence-corrected chi connectivity index (χ3v) is 7.13. The Morgan fingerprint density at radius 2 is 1.79 bits per heavy atom. The number of anilines is 1. The summed E-state index contributed by atoms with van der Waals surface area (Å²) in [5, 5.41) is 17.2. The zero-order valence-electron chi connectivity index (χ0n) is 20.6. The molecule has 5 aromatic rings. The van der Waals surface area contributed by atoms with E-state index in [-0.39, 0.29) is 11.6 Å². The molecule has 0 spiro atoms. The molecule has 0 radical (unpaired) electrons. The summed E-state index contributed by atoms with van der Waals surface area (Å²) in [6.07, 6.45) is 1.63. The standard InChI is InChI=1S/C29H23ClN4O4S/c30-24-4-1-3-21(15-24)16-31-28(35)23-8-6-20(7-9-23)17-33(18-26-5-2-14-38-26)29-32-27(19-39-29)22-10-12-25(13-11-22)34(36)37/h1-15,19H,16-18H2,(H,31,35). The Kier molecular flexibility index (Phi) is 8.00. The molecule has 196 valence electrons. The van der Waals surface area contributed by atoms with Crippen molar-refractivity contribution in [2.24, 2.45) is 0 Å². The van der Waals surface area contributed by atoms with Crippen LogP contribution in [0, 0.1) is 10.1 Å². The summed E-state index contributed by atoms with van der Waals surface area (Å²) in [5.41, 5.74) is 4.07. The maximum Gasteiger partial charge on any atom is 0.269 e. The Labute approximate surface area is 233 Å². The minimum Gasteiger partial charge on any atom is -0.467 e. The minimum absolute atomic E-state index is 0.0373. The molecule has 8 nitrogen and oxygen atoms in total. The average molecular weight is 559 g/mol. The molecule has 5 rings (SSSR count). The van der Waals surface area contributed by atoms with Crippen LogP contribution in [0.2, 0.25) is 5.02 Å². The van der Waals surface area contributed by atoms with Crippen molar-refractivity contribution in [2.45, 2.75) is 19.6 Å². The zero-order chi connectivity index (χ0) is 27.2. The van der Waals surface area contributed by atoms with Crippen LogP contribution in [0.4, 0.5) is 10.8 Å². The van der Waals surface area contributed by atoms with Crippen molar-refractivity contribution < 1.29 is 14.1 Å². The second kappa shape index (κ2) is 11.9. The molecule has 10 heteroatoms. The Balaban J connectivity index is 1.29. The van der Waals surface area contributed by atoms with Crippen LogP contribution in [-0.4, -0.2) is 15.8 Å². The molecule has 2 heterocycles. The third kappa shape index (κ3) is 6.70. The number of benzene rings is 3. The van der Waals surface area contributed by atoms with Crippen molar-refractivity contribution in [3.63, 3.8) is 0 Å². The number of nitro groups is 1. The van der Waals surface area contributed by atoms with Gasteiger partial charge in [-0.05, 0) is 59.7 Å². The van der Waals surface area contributed by atoms with Gasteiger partial charge in [0.05, 0.1) is 23.4 Å². The van der Waals surface area contributed by atoms with Gasteiger partial charge in [-0.15, -0.1) is 11.3 Å². The van der Waals surface area contributed by atoms with Gasteiger partial charge in [-0.3, -0.25) is 14.9 Å². The van der Waals surface area contributed by atoms with E-state index in [1.807, 2.05) is 47.8 Å². The Bertz CT molecular complexity index is 1570. The summed E-state index contributed by atoms with van der Waals surface area (Å²) < 4.78 is 5.58. The number of halogens is 1. The summed E-state index contributed by atoms with van der Waals surface area (Å²) >= 11 is 7.51. The minimum atomic E-state index is -0.421. The number of furan rings is 1. The number of carbonyl (C=O) groups excluding carboxylic acids is 1. The summed E-state index contributed by atoms with van der Waals surface area (Å²) in [6, 6.07) is 24.9. The van der Waals surface area contributed by atoms with Crippen molar-refractivity contribution in [3.05, 3.63) is 134 Å². The molecule has 0 bridgehead atoms. The van der Waals surface area contributed by atoms with E-state index in [1.54, 1.807) is 36.6 Å². The zero-order valence-corrected chi connectivity index (χ0v) is 22.2. The van der Waals surface area contributed by atoms with E-state index in [0.29, 0.717) is 30.2 Å². The van der Waals surface area contributed by atoms with Crippen LogP contribution >= 0.6 is 22.9 Å². The van der Waals surface area contributed by atoms with E-state index in [0.717, 1.165) is 33.3 Å². The molecule has 3 aromatic carbocycles. The maximum absolute atomic E-state index is 12.7. The number of nitrogens with one attached hydrogen (secondary N) is 1. The second-order valence-electron chi connectivity index (χ2n) is 8.76. The van der Waals surface area contributed by atoms with Gasteiger partial charge < -0.3 is 14.6 Å². The Morgan fingerprint density at radius 3 is 2.49 bits per heavy atom. The van der Waals surface area contributed by atoms with E-state index in [4.69, 9.17) is 21.0 Å². The first-order valence-electron chi connectivity index (χ1n) is 12.0. The van der Waals surface area contributed by atoms with E-state index in [9.17, 15) is 14.9 Å². The fourth-order valence-corrected chi connectivity index (χ4v) is 5.04. The molecule has 0 atom stereocenters. The van der Waals surface area contributed by atoms with Crippen molar-refractivity contribution >= 4 is 39.7 Å². The first-order valence-corrected chi connectivity index (χ1v) is 13.3. The number of hydrogen-bond acceptors (Lipinski definition) is 7. The van der Waals surface area contributed by atoms with Crippen molar-refractivity contribution in [1.82, 2.24) is 10.3 Å². The molecular formula is C29H23ClN4O4S. The second-order valence-corrected chi connectivity index (χ2v) is 10.0. The largest absolute Gasteiger partial charge is 0.467 e. The van der Waals surface area contributed by atoms with E-state index in [1.165, 1.54) is 23.5 Å². The van der Waals surface area contributed by atoms with Crippen LogP contribution in [0.3, 0.4) is 0 Å². The SMILES string of the molecule is O=C(NCc1cccc(Cl)c1)c1ccc(CN(Cc2ccco2)c2nc(-c3ccc([N+](=O)[O-])cc3)cs2)cc1. The van der Waals surface area contributed by atoms with Gasteiger partial charge in [0.15, 0.2) is 5.13 Å². The molecule has 0 aliphatic carbocycles. The number of aromatic nitrogens is 1. The lowest BCUT2D eigenvalue weighted by atomic mass is 10.1. The van der Waals surface area contributed by atoms with E-state index in [2.05, 4.69) is 10.2 Å². The lowest BCUT2D eigenvalue weighted by Gasteiger charge is -2.21. The van der Waals surface area contributed by atoms with Crippen LogP contribution in [-0.2, 0) is 19.6 Å². The number of nitrogens with zero attached hydrogens (tertiary/aromatic N) is 3. The van der Waals surface area contributed by atoms with Gasteiger partial charge in [0.25, 0.3) is 11.6 Å². The molecule has 0 aliphatic heterocycles. The fourth-order valence-electron chi connectivity index (χ4n) is 3.99. The molecule has 0 saturated carbocycles. The highest BCUT2D eigenvalue weighted by atomic mass is 35.5. The van der Waals surface area contributed by atoms with Gasteiger partial charge in [0, 0.05) is 46.8 Å². The lowest BCUT2D eigenvalue weighted by Crippen LogP contribution is -2.23. The number of amides is 1. The fraction of sp³-hybridized carbons (Fsp3) is 0.103. The van der Waals surface area contributed by atoms with Crippen molar-refractivity contribution in [2.75, 3.05) is 4.90 Å². The predicted octanol–water partition coefficient (Wildman–Crippen LogP) is 7.10. The number of carbonyl (C=O) groups is 1.